The fourth-order valence-electron chi connectivity index (χ4n) is 1.62. The molecule has 0 spiro atoms. The minimum absolute atomic E-state index is 0.00317. The number of hydrogen-bond acceptors (Lipinski definition) is 3. The zero-order valence-corrected chi connectivity index (χ0v) is 11.1. The second kappa shape index (κ2) is 5.51. The van der Waals surface area contributed by atoms with Gasteiger partial charge in [-0.05, 0) is 12.8 Å². The van der Waals surface area contributed by atoms with Gasteiger partial charge < -0.3 is 5.32 Å². The molecule has 0 amide bonds. The average molecular weight is 318 g/mol. The Bertz CT molecular complexity index is 460. The van der Waals surface area contributed by atoms with E-state index in [1.807, 2.05) is 0 Å². The summed E-state index contributed by atoms with van der Waals surface area (Å²) in [6, 6.07) is 0.219. The summed E-state index contributed by atoms with van der Waals surface area (Å²) < 4.78 is 74.6. The highest BCUT2D eigenvalue weighted by Crippen LogP contribution is 2.36. The third-order valence-corrected chi connectivity index (χ3v) is 3.88. The lowest BCUT2D eigenvalue weighted by Gasteiger charge is -2.06. The molecular weight excluding hydrogens is 306 g/mol. The number of halogens is 6. The number of nitrogens with one attached hydrogen (secondary N) is 1. The second-order valence-electron chi connectivity index (χ2n) is 4.65. The van der Waals surface area contributed by atoms with Crippen molar-refractivity contribution in [3.8, 4) is 0 Å². The Morgan fingerprint density at radius 1 is 1.15 bits per heavy atom. The summed E-state index contributed by atoms with van der Waals surface area (Å²) in [7, 11) is 0. The predicted octanol–water partition coefficient (Wildman–Crippen LogP) is 3.91. The first kappa shape index (κ1) is 15.6. The quantitative estimate of drug-likeness (QED) is 0.833. The van der Waals surface area contributed by atoms with E-state index in [0.717, 1.165) is 12.8 Å². The van der Waals surface area contributed by atoms with Gasteiger partial charge >= 0.3 is 12.4 Å². The van der Waals surface area contributed by atoms with Crippen molar-refractivity contribution >= 4 is 11.3 Å². The van der Waals surface area contributed by atoms with Crippen molar-refractivity contribution < 1.29 is 26.3 Å². The lowest BCUT2D eigenvalue weighted by molar-refractivity contribution is -0.141. The van der Waals surface area contributed by atoms with Gasteiger partial charge in [-0.2, -0.15) is 26.3 Å². The van der Waals surface area contributed by atoms with Crippen molar-refractivity contribution in [2.45, 2.75) is 50.6 Å². The summed E-state index contributed by atoms with van der Waals surface area (Å²) in [5.41, 5.74) is -1.06. The van der Waals surface area contributed by atoms with Gasteiger partial charge in [0.25, 0.3) is 0 Å². The van der Waals surface area contributed by atoms with E-state index in [1.165, 1.54) is 0 Å². The van der Waals surface area contributed by atoms with Gasteiger partial charge in [-0.15, -0.1) is 11.3 Å². The van der Waals surface area contributed by atoms with Crippen LogP contribution >= 0.6 is 11.3 Å². The molecule has 1 saturated carbocycles. The molecule has 1 aliphatic carbocycles. The summed E-state index contributed by atoms with van der Waals surface area (Å²) in [6.45, 7) is 0.00317. The topological polar surface area (TPSA) is 24.9 Å². The van der Waals surface area contributed by atoms with Gasteiger partial charge in [-0.25, -0.2) is 4.98 Å². The van der Waals surface area contributed by atoms with Crippen molar-refractivity contribution in [3.63, 3.8) is 0 Å². The van der Waals surface area contributed by atoms with Crippen molar-refractivity contribution in [2.75, 3.05) is 0 Å². The Morgan fingerprint density at radius 3 is 2.30 bits per heavy atom. The van der Waals surface area contributed by atoms with Gasteiger partial charge in [-0.1, -0.05) is 0 Å². The standard InChI is InChI=1S/C11H12F6N2S/c12-10(13,14)4-3-8-19-9(11(15,16)17)7(20-8)5-18-6-1-2-6/h6,18H,1-5H2. The molecule has 9 heteroatoms. The lowest BCUT2D eigenvalue weighted by atomic mass is 10.3. The molecule has 1 aromatic heterocycles. The Kier molecular flexibility index (Phi) is 4.29. The second-order valence-corrected chi connectivity index (χ2v) is 5.82. The molecule has 1 N–H and O–H groups in total. The molecule has 0 atom stereocenters. The van der Waals surface area contributed by atoms with E-state index in [4.69, 9.17) is 0 Å². The fraction of sp³-hybridized carbons (Fsp3) is 0.727. The summed E-state index contributed by atoms with van der Waals surface area (Å²) in [4.78, 5) is 3.30. The molecule has 114 valence electrons. The number of aryl methyl sites for hydroxylation is 1. The predicted molar refractivity (Wildman–Crippen MR) is 61.4 cm³/mol. The largest absolute Gasteiger partial charge is 0.434 e. The van der Waals surface area contributed by atoms with Crippen LogP contribution in [-0.4, -0.2) is 17.2 Å². The summed E-state index contributed by atoms with van der Waals surface area (Å²) in [6.07, 6.45) is -8.86. The molecule has 0 unspecified atom stereocenters. The summed E-state index contributed by atoms with van der Waals surface area (Å²) in [5, 5.41) is 2.80. The maximum atomic E-state index is 12.8. The van der Waals surface area contributed by atoms with Crippen LogP contribution in [0.5, 0.6) is 0 Å². The minimum Gasteiger partial charge on any atom is -0.309 e. The molecule has 20 heavy (non-hydrogen) atoms. The normalized spacial score (nSPS) is 16.7. The first-order valence-corrected chi connectivity index (χ1v) is 6.83. The Morgan fingerprint density at radius 2 is 1.80 bits per heavy atom. The summed E-state index contributed by atoms with van der Waals surface area (Å²) >= 11 is 0.703. The highest BCUT2D eigenvalue weighted by molar-refractivity contribution is 7.11. The van der Waals surface area contributed by atoms with Crippen molar-refractivity contribution in [1.29, 1.82) is 0 Å². The van der Waals surface area contributed by atoms with Crippen LogP contribution in [0.4, 0.5) is 26.3 Å². The SMILES string of the molecule is FC(F)(F)CCc1nc(C(F)(F)F)c(CNC2CC2)s1. The maximum absolute atomic E-state index is 12.8. The minimum atomic E-state index is -4.63. The summed E-state index contributed by atoms with van der Waals surface area (Å²) in [5.74, 6) is 0. The zero-order chi connectivity index (χ0) is 15.0. The first-order valence-electron chi connectivity index (χ1n) is 6.01. The smallest absolute Gasteiger partial charge is 0.309 e. The van der Waals surface area contributed by atoms with E-state index in [9.17, 15) is 26.3 Å². The highest BCUT2D eigenvalue weighted by atomic mass is 32.1. The van der Waals surface area contributed by atoms with E-state index in [1.54, 1.807) is 0 Å². The van der Waals surface area contributed by atoms with Crippen LogP contribution in [0.25, 0.3) is 0 Å². The number of alkyl halides is 6. The van der Waals surface area contributed by atoms with Gasteiger partial charge in [0.2, 0.25) is 0 Å². The van der Waals surface area contributed by atoms with Gasteiger partial charge in [0, 0.05) is 25.4 Å². The molecule has 2 nitrogen and oxygen atoms in total. The van der Waals surface area contributed by atoms with Gasteiger partial charge in [0.15, 0.2) is 5.69 Å². The molecule has 1 fully saturated rings. The van der Waals surface area contributed by atoms with Gasteiger partial charge in [0.1, 0.15) is 0 Å². The Labute approximate surface area is 115 Å². The molecular formula is C11H12F6N2S. The van der Waals surface area contributed by atoms with Crippen LogP contribution in [0.2, 0.25) is 0 Å². The van der Waals surface area contributed by atoms with E-state index in [2.05, 4.69) is 10.3 Å². The average Bonchev–Trinajstić information content (AvgIpc) is 3.01. The zero-order valence-electron chi connectivity index (χ0n) is 10.2. The van der Waals surface area contributed by atoms with E-state index < -0.39 is 30.9 Å². The number of rotatable bonds is 5. The van der Waals surface area contributed by atoms with Crippen LogP contribution in [-0.2, 0) is 19.1 Å². The third-order valence-electron chi connectivity index (χ3n) is 2.76. The maximum Gasteiger partial charge on any atom is 0.434 e. The van der Waals surface area contributed by atoms with Crippen molar-refractivity contribution in [1.82, 2.24) is 10.3 Å². The molecule has 0 aliphatic heterocycles. The number of aromatic nitrogens is 1. The number of thiazole rings is 1. The van der Waals surface area contributed by atoms with Crippen LogP contribution in [0.3, 0.4) is 0 Å². The molecule has 0 saturated heterocycles. The molecule has 0 aromatic carbocycles. The number of hydrogen-bond donors (Lipinski definition) is 1. The van der Waals surface area contributed by atoms with Crippen LogP contribution in [0, 0.1) is 0 Å². The molecule has 1 heterocycles. The van der Waals surface area contributed by atoms with E-state index in [-0.39, 0.29) is 22.5 Å². The van der Waals surface area contributed by atoms with Crippen molar-refractivity contribution in [2.24, 2.45) is 0 Å². The van der Waals surface area contributed by atoms with Crippen LogP contribution < -0.4 is 5.32 Å². The molecule has 0 bridgehead atoms. The molecule has 2 rings (SSSR count). The Hall–Kier alpha value is -0.830. The first-order chi connectivity index (χ1) is 9.15. The molecule has 1 aromatic rings. The van der Waals surface area contributed by atoms with Crippen LogP contribution in [0.1, 0.15) is 34.8 Å². The van der Waals surface area contributed by atoms with E-state index >= 15 is 0 Å². The Balaban J connectivity index is 2.08. The van der Waals surface area contributed by atoms with Gasteiger partial charge in [0.05, 0.1) is 9.88 Å². The fourth-order valence-corrected chi connectivity index (χ4v) is 2.66. The van der Waals surface area contributed by atoms with Gasteiger partial charge in [-0.3, -0.25) is 0 Å². The van der Waals surface area contributed by atoms with Crippen LogP contribution in [0.15, 0.2) is 0 Å². The molecule has 0 radical (unpaired) electrons. The monoisotopic (exact) mass is 318 g/mol. The molecule has 1 aliphatic rings. The van der Waals surface area contributed by atoms with Crippen molar-refractivity contribution in [3.05, 3.63) is 15.6 Å². The third kappa shape index (κ3) is 4.62. The number of nitrogens with zero attached hydrogens (tertiary/aromatic N) is 1. The highest BCUT2D eigenvalue weighted by Gasteiger charge is 2.38. The lowest BCUT2D eigenvalue weighted by Crippen LogP contribution is -2.18. The van der Waals surface area contributed by atoms with E-state index in [0.29, 0.717) is 11.3 Å².